The molecule has 0 saturated carbocycles. The van der Waals surface area contributed by atoms with E-state index in [-0.39, 0.29) is 0 Å². The molecule has 5 aromatic carbocycles. The van der Waals surface area contributed by atoms with Crippen LogP contribution in [-0.4, -0.2) is 0 Å². The minimum atomic E-state index is 1.28. The van der Waals surface area contributed by atoms with E-state index < -0.39 is 0 Å². The van der Waals surface area contributed by atoms with Crippen LogP contribution in [0, 0.1) is 20.8 Å². The summed E-state index contributed by atoms with van der Waals surface area (Å²) in [5, 5.41) is 2.64. The topological polar surface area (TPSA) is 0 Å². The molecule has 0 N–H and O–H groups in total. The zero-order valence-electron chi connectivity index (χ0n) is 18.6. The Labute approximate surface area is 186 Å². The lowest BCUT2D eigenvalue weighted by Gasteiger charge is -2.00. The van der Waals surface area contributed by atoms with Gasteiger partial charge in [-0.1, -0.05) is 144 Å². The Bertz CT molecular complexity index is 1170. The zero-order valence-corrected chi connectivity index (χ0v) is 18.6. The second kappa shape index (κ2) is 11.5. The van der Waals surface area contributed by atoms with Crippen LogP contribution < -0.4 is 0 Å². The van der Waals surface area contributed by atoms with E-state index in [0.29, 0.717) is 0 Å². The van der Waals surface area contributed by atoms with E-state index in [9.17, 15) is 0 Å². The molecule has 0 amide bonds. The van der Waals surface area contributed by atoms with Gasteiger partial charge in [-0.2, -0.15) is 0 Å². The van der Waals surface area contributed by atoms with Gasteiger partial charge in [-0.15, -0.1) is 0 Å². The molecule has 0 radical (unpaired) electrons. The predicted molar refractivity (Wildman–Crippen MR) is 136 cm³/mol. The van der Waals surface area contributed by atoms with Gasteiger partial charge >= 0.3 is 0 Å². The molecule has 0 aliphatic carbocycles. The molecule has 0 bridgehead atoms. The Hall–Kier alpha value is -3.64. The molecule has 31 heavy (non-hydrogen) atoms. The maximum absolute atomic E-state index is 2.20. The lowest BCUT2D eigenvalue weighted by Crippen LogP contribution is -1.76. The van der Waals surface area contributed by atoms with Crippen LogP contribution in [0.5, 0.6) is 0 Å². The third-order valence-corrected chi connectivity index (χ3v) is 5.00. The number of rotatable bonds is 1. The molecule has 0 heterocycles. The van der Waals surface area contributed by atoms with Crippen LogP contribution >= 0.6 is 0 Å². The fourth-order valence-electron chi connectivity index (χ4n) is 3.22. The summed E-state index contributed by atoms with van der Waals surface area (Å²) in [7, 11) is 0. The van der Waals surface area contributed by atoms with Gasteiger partial charge in [0.1, 0.15) is 0 Å². The predicted octanol–water partition coefficient (Wildman–Crippen LogP) is 8.81. The number of benzene rings is 5. The lowest BCUT2D eigenvalue weighted by molar-refractivity contribution is 1.47. The summed E-state index contributed by atoms with van der Waals surface area (Å²) < 4.78 is 0. The van der Waals surface area contributed by atoms with Gasteiger partial charge < -0.3 is 0 Å². The fourth-order valence-corrected chi connectivity index (χ4v) is 3.22. The van der Waals surface area contributed by atoms with Crippen molar-refractivity contribution in [1.29, 1.82) is 0 Å². The highest BCUT2D eigenvalue weighted by Gasteiger charge is 1.94. The average Bonchev–Trinajstić information content (AvgIpc) is 2.81. The highest BCUT2D eigenvalue weighted by atomic mass is 14.0. The van der Waals surface area contributed by atoms with Gasteiger partial charge in [0.15, 0.2) is 0 Å². The van der Waals surface area contributed by atoms with Crippen LogP contribution in [0.25, 0.3) is 21.9 Å². The summed E-state index contributed by atoms with van der Waals surface area (Å²) in [5.74, 6) is 0. The first kappa shape index (κ1) is 22.1. The zero-order chi connectivity index (χ0) is 21.9. The van der Waals surface area contributed by atoms with E-state index in [1.165, 1.54) is 38.6 Å². The molecular weight excluding hydrogens is 372 g/mol. The van der Waals surface area contributed by atoms with E-state index in [1.807, 2.05) is 24.3 Å². The van der Waals surface area contributed by atoms with Crippen molar-refractivity contribution in [2.24, 2.45) is 0 Å². The number of hydrogen-bond acceptors (Lipinski definition) is 0. The normalized spacial score (nSPS) is 9.77. The van der Waals surface area contributed by atoms with Gasteiger partial charge in [0, 0.05) is 0 Å². The molecule has 0 heteroatoms. The van der Waals surface area contributed by atoms with Crippen molar-refractivity contribution in [3.63, 3.8) is 0 Å². The summed E-state index contributed by atoms with van der Waals surface area (Å²) in [6.45, 7) is 6.31. The molecule has 0 aliphatic rings. The van der Waals surface area contributed by atoms with E-state index >= 15 is 0 Å². The standard InChI is InChI=1S/C13H12.C11H10.C7H8/c1-11-7-9-13(10-8-11)12-5-3-2-4-6-12;1-9-6-7-10-4-2-3-5-11(10)8-9;1-7-5-3-2-4-6-7/h2-10H,1H3;2-8H,1H3;2-6H,1H3. The van der Waals surface area contributed by atoms with Crippen molar-refractivity contribution in [3.8, 4) is 11.1 Å². The highest BCUT2D eigenvalue weighted by molar-refractivity contribution is 5.82. The van der Waals surface area contributed by atoms with Gasteiger partial charge in [-0.25, -0.2) is 0 Å². The molecule has 0 spiro atoms. The minimum Gasteiger partial charge on any atom is -0.0622 e. The van der Waals surface area contributed by atoms with Gasteiger partial charge in [-0.05, 0) is 42.7 Å². The summed E-state index contributed by atoms with van der Waals surface area (Å²) in [6, 6.07) is 44.2. The molecule has 0 unspecified atom stereocenters. The van der Waals surface area contributed by atoms with E-state index in [2.05, 4.69) is 124 Å². The van der Waals surface area contributed by atoms with Gasteiger partial charge in [-0.3, -0.25) is 0 Å². The second-order valence-electron chi connectivity index (χ2n) is 7.74. The molecule has 5 rings (SSSR count). The molecule has 0 fully saturated rings. The summed E-state index contributed by atoms with van der Waals surface area (Å²) in [5.41, 5.74) is 6.51. The molecule has 154 valence electrons. The van der Waals surface area contributed by atoms with Crippen LogP contribution in [0.4, 0.5) is 0 Å². The van der Waals surface area contributed by atoms with E-state index in [4.69, 9.17) is 0 Å². The largest absolute Gasteiger partial charge is 0.0622 e. The van der Waals surface area contributed by atoms with Crippen LogP contribution in [0.15, 0.2) is 127 Å². The third kappa shape index (κ3) is 7.28. The molecule has 0 saturated heterocycles. The smallest absolute Gasteiger partial charge is 0.0181 e. The molecule has 0 nitrogen and oxygen atoms in total. The Balaban J connectivity index is 0.000000138. The van der Waals surface area contributed by atoms with Crippen molar-refractivity contribution in [2.45, 2.75) is 20.8 Å². The lowest BCUT2D eigenvalue weighted by atomic mass is 10.0. The van der Waals surface area contributed by atoms with Gasteiger partial charge in [0.05, 0.1) is 0 Å². The van der Waals surface area contributed by atoms with Crippen molar-refractivity contribution in [1.82, 2.24) is 0 Å². The Morgan fingerprint density at radius 3 is 1.35 bits per heavy atom. The highest BCUT2D eigenvalue weighted by Crippen LogP contribution is 2.18. The summed E-state index contributed by atoms with van der Waals surface area (Å²) in [4.78, 5) is 0. The average molecular weight is 403 g/mol. The molecular formula is C31H30. The van der Waals surface area contributed by atoms with Crippen LogP contribution in [0.1, 0.15) is 16.7 Å². The first-order valence-corrected chi connectivity index (χ1v) is 10.7. The second-order valence-corrected chi connectivity index (χ2v) is 7.74. The van der Waals surface area contributed by atoms with E-state index in [0.717, 1.165) is 0 Å². The van der Waals surface area contributed by atoms with Crippen molar-refractivity contribution in [2.75, 3.05) is 0 Å². The summed E-state index contributed by atoms with van der Waals surface area (Å²) in [6.07, 6.45) is 0. The molecule has 0 aliphatic heterocycles. The van der Waals surface area contributed by atoms with E-state index in [1.54, 1.807) is 0 Å². The summed E-state index contributed by atoms with van der Waals surface area (Å²) >= 11 is 0. The quantitative estimate of drug-likeness (QED) is 0.263. The Kier molecular flexibility index (Phi) is 8.20. The van der Waals surface area contributed by atoms with Crippen molar-refractivity contribution < 1.29 is 0 Å². The number of hydrogen-bond donors (Lipinski definition) is 0. The maximum Gasteiger partial charge on any atom is -0.0181 e. The Morgan fingerprint density at radius 1 is 0.323 bits per heavy atom. The first-order valence-electron chi connectivity index (χ1n) is 10.7. The Morgan fingerprint density at radius 2 is 0.774 bits per heavy atom. The SMILES string of the molecule is Cc1ccc(-c2ccccc2)cc1.Cc1ccc2ccccc2c1.Cc1ccccc1. The van der Waals surface area contributed by atoms with Crippen LogP contribution in [0.3, 0.4) is 0 Å². The number of aryl methyl sites for hydroxylation is 3. The fraction of sp³-hybridized carbons (Fsp3) is 0.0968. The van der Waals surface area contributed by atoms with Crippen LogP contribution in [-0.2, 0) is 0 Å². The monoisotopic (exact) mass is 402 g/mol. The van der Waals surface area contributed by atoms with Gasteiger partial charge in [0.25, 0.3) is 0 Å². The number of fused-ring (bicyclic) bond motifs is 1. The maximum atomic E-state index is 2.20. The molecule has 5 aromatic rings. The molecule has 0 atom stereocenters. The van der Waals surface area contributed by atoms with Crippen molar-refractivity contribution in [3.05, 3.63) is 144 Å². The van der Waals surface area contributed by atoms with Crippen molar-refractivity contribution >= 4 is 10.8 Å². The van der Waals surface area contributed by atoms with Crippen LogP contribution in [0.2, 0.25) is 0 Å². The van der Waals surface area contributed by atoms with Gasteiger partial charge in [0.2, 0.25) is 0 Å². The molecule has 0 aromatic heterocycles. The third-order valence-electron chi connectivity index (χ3n) is 5.00. The minimum absolute atomic E-state index is 1.28. The first-order chi connectivity index (χ1) is 15.1.